The lowest BCUT2D eigenvalue weighted by Crippen LogP contribution is -1.91. The molecule has 0 atom stereocenters. The number of ether oxygens (including phenoxy) is 2. The van der Waals surface area contributed by atoms with E-state index in [1.807, 2.05) is 0 Å². The highest BCUT2D eigenvalue weighted by atomic mass is 35.5. The predicted molar refractivity (Wildman–Crippen MR) is 105 cm³/mol. The number of fused-ring (bicyclic) bond motifs is 2. The first kappa shape index (κ1) is 16.5. The second-order valence-electron chi connectivity index (χ2n) is 5.02. The summed E-state index contributed by atoms with van der Waals surface area (Å²) < 4.78 is 12.9. The Morgan fingerprint density at radius 1 is 0.960 bits per heavy atom. The van der Waals surface area contributed by atoms with Gasteiger partial charge in [0.15, 0.2) is 21.8 Å². The summed E-state index contributed by atoms with van der Waals surface area (Å²) in [6.07, 6.45) is 0. The van der Waals surface area contributed by atoms with Gasteiger partial charge >= 0.3 is 0 Å². The summed E-state index contributed by atoms with van der Waals surface area (Å²) in [6.45, 7) is 0. The number of nitrogens with zero attached hydrogens (tertiary/aromatic N) is 2. The molecule has 0 bridgehead atoms. The first-order valence-electron chi connectivity index (χ1n) is 6.92. The van der Waals surface area contributed by atoms with Crippen LogP contribution in [0.2, 0.25) is 10.0 Å². The van der Waals surface area contributed by atoms with Crippen LogP contribution in [-0.4, -0.2) is 17.1 Å². The maximum Gasteiger partial charge on any atom is 0.181 e. The Labute approximate surface area is 159 Å². The number of thiazole rings is 2. The van der Waals surface area contributed by atoms with E-state index in [1.165, 1.54) is 22.7 Å². The fraction of sp³-hybridized carbons (Fsp3) is 0.0667. The maximum atomic E-state index is 6.40. The number of rotatable bonds is 3. The van der Waals surface area contributed by atoms with E-state index in [0.29, 0.717) is 53.3 Å². The summed E-state index contributed by atoms with van der Waals surface area (Å²) in [5.41, 5.74) is 12.9. The van der Waals surface area contributed by atoms with Gasteiger partial charge < -0.3 is 20.9 Å². The normalized spacial score (nSPS) is 11.3. The van der Waals surface area contributed by atoms with E-state index in [4.69, 9.17) is 44.1 Å². The van der Waals surface area contributed by atoms with Crippen molar-refractivity contribution in [2.24, 2.45) is 0 Å². The maximum absolute atomic E-state index is 6.40. The molecule has 2 aromatic carbocycles. The molecular formula is C15H10Cl2N4O2S2. The van der Waals surface area contributed by atoms with Gasteiger partial charge in [-0.05, 0) is 6.07 Å². The number of anilines is 2. The van der Waals surface area contributed by atoms with E-state index in [0.717, 1.165) is 4.70 Å². The largest absolute Gasteiger partial charge is 0.494 e. The van der Waals surface area contributed by atoms with Crippen molar-refractivity contribution in [2.45, 2.75) is 0 Å². The summed E-state index contributed by atoms with van der Waals surface area (Å²) in [7, 11) is 1.54. The zero-order valence-electron chi connectivity index (χ0n) is 12.7. The quantitative estimate of drug-likeness (QED) is 0.481. The van der Waals surface area contributed by atoms with Gasteiger partial charge in [-0.25, -0.2) is 9.97 Å². The molecule has 2 heterocycles. The Kier molecular flexibility index (Phi) is 3.99. The zero-order chi connectivity index (χ0) is 17.7. The highest BCUT2D eigenvalue weighted by Gasteiger charge is 2.20. The molecule has 0 spiro atoms. The van der Waals surface area contributed by atoms with E-state index >= 15 is 0 Å². The molecule has 0 unspecified atom stereocenters. The highest BCUT2D eigenvalue weighted by Crippen LogP contribution is 2.46. The van der Waals surface area contributed by atoms with Crippen molar-refractivity contribution in [2.75, 3.05) is 18.6 Å². The fourth-order valence-corrected chi connectivity index (χ4v) is 4.62. The number of hydrogen-bond donors (Lipinski definition) is 2. The van der Waals surface area contributed by atoms with Gasteiger partial charge in [0.1, 0.15) is 21.5 Å². The van der Waals surface area contributed by atoms with Gasteiger partial charge in [-0.2, -0.15) is 0 Å². The van der Waals surface area contributed by atoms with Crippen LogP contribution < -0.4 is 20.9 Å². The third-order valence-electron chi connectivity index (χ3n) is 3.43. The van der Waals surface area contributed by atoms with Crippen LogP contribution >= 0.6 is 45.9 Å². The molecule has 0 saturated heterocycles. The number of aromatic nitrogens is 2. The Morgan fingerprint density at radius 3 is 2.44 bits per heavy atom. The van der Waals surface area contributed by atoms with Crippen molar-refractivity contribution in [1.29, 1.82) is 0 Å². The molecule has 0 aliphatic carbocycles. The SMILES string of the molecule is COc1cc(Cl)c(Oc2cc(Cl)cc3sc(N)nc23)c2sc(N)nc12. The molecule has 10 heteroatoms. The molecule has 0 aliphatic heterocycles. The molecule has 0 radical (unpaired) electrons. The number of nitrogen functional groups attached to an aromatic ring is 2. The lowest BCUT2D eigenvalue weighted by molar-refractivity contribution is 0.418. The molecule has 2 aromatic heterocycles. The van der Waals surface area contributed by atoms with Gasteiger partial charge in [0.05, 0.1) is 16.8 Å². The molecule has 25 heavy (non-hydrogen) atoms. The average Bonchev–Trinajstić information content (AvgIpc) is 3.11. The van der Waals surface area contributed by atoms with E-state index in [-0.39, 0.29) is 0 Å². The monoisotopic (exact) mass is 412 g/mol. The Balaban J connectivity index is 1.93. The van der Waals surface area contributed by atoms with Crippen molar-refractivity contribution in [3.05, 3.63) is 28.2 Å². The first-order chi connectivity index (χ1) is 12.0. The van der Waals surface area contributed by atoms with E-state index in [1.54, 1.807) is 25.3 Å². The third kappa shape index (κ3) is 2.81. The standard InChI is InChI=1S/C15H10Cl2N4O2S2/c1-22-7-4-6(17)12(13-11(7)21-15(19)25-13)23-8-2-5(16)3-9-10(8)20-14(18)24-9/h2-4H,1H3,(H2,18,20)(H2,19,21). The van der Waals surface area contributed by atoms with Gasteiger partial charge in [-0.1, -0.05) is 45.9 Å². The zero-order valence-corrected chi connectivity index (χ0v) is 15.8. The predicted octanol–water partition coefficient (Wildman–Crippen LogP) is 5.18. The van der Waals surface area contributed by atoms with Crippen LogP contribution in [0.3, 0.4) is 0 Å². The number of benzene rings is 2. The molecular weight excluding hydrogens is 403 g/mol. The molecule has 6 nitrogen and oxygen atoms in total. The Hall–Kier alpha value is -2.00. The third-order valence-corrected chi connectivity index (χ3v) is 5.65. The second kappa shape index (κ2) is 6.06. The molecule has 4 N–H and O–H groups in total. The summed E-state index contributed by atoms with van der Waals surface area (Å²) in [6, 6.07) is 5.09. The lowest BCUT2D eigenvalue weighted by Gasteiger charge is -2.11. The first-order valence-corrected chi connectivity index (χ1v) is 9.31. The van der Waals surface area contributed by atoms with Crippen LogP contribution in [-0.2, 0) is 0 Å². The van der Waals surface area contributed by atoms with Crippen LogP contribution in [0.15, 0.2) is 18.2 Å². The van der Waals surface area contributed by atoms with Crippen LogP contribution in [0.25, 0.3) is 20.4 Å². The second-order valence-corrected chi connectivity index (χ2v) is 7.96. The minimum atomic E-state index is 0.365. The van der Waals surface area contributed by atoms with Gasteiger partial charge in [-0.3, -0.25) is 0 Å². The van der Waals surface area contributed by atoms with E-state index in [9.17, 15) is 0 Å². The van der Waals surface area contributed by atoms with Crippen molar-refractivity contribution in [3.63, 3.8) is 0 Å². The van der Waals surface area contributed by atoms with Crippen molar-refractivity contribution in [3.8, 4) is 17.2 Å². The van der Waals surface area contributed by atoms with Crippen LogP contribution in [0, 0.1) is 0 Å². The number of nitrogens with two attached hydrogens (primary N) is 2. The number of methoxy groups -OCH3 is 1. The Bertz CT molecular complexity index is 1130. The number of hydrogen-bond acceptors (Lipinski definition) is 8. The van der Waals surface area contributed by atoms with Crippen molar-refractivity contribution >= 4 is 76.6 Å². The van der Waals surface area contributed by atoms with Crippen LogP contribution in [0.1, 0.15) is 0 Å². The average molecular weight is 413 g/mol. The van der Waals surface area contributed by atoms with Gasteiger partial charge in [0.2, 0.25) is 0 Å². The molecule has 4 aromatic rings. The lowest BCUT2D eigenvalue weighted by atomic mass is 10.2. The molecule has 0 amide bonds. The van der Waals surface area contributed by atoms with Gasteiger partial charge in [-0.15, -0.1) is 0 Å². The molecule has 128 valence electrons. The molecule has 0 fully saturated rings. The topological polar surface area (TPSA) is 96.3 Å². The van der Waals surface area contributed by atoms with Crippen molar-refractivity contribution in [1.82, 2.24) is 9.97 Å². The molecule has 0 saturated carbocycles. The van der Waals surface area contributed by atoms with Gasteiger partial charge in [0.25, 0.3) is 0 Å². The summed E-state index contributed by atoms with van der Waals surface area (Å²) >= 11 is 15.2. The summed E-state index contributed by atoms with van der Waals surface area (Å²) in [5, 5.41) is 1.69. The molecule has 4 rings (SSSR count). The van der Waals surface area contributed by atoms with Crippen LogP contribution in [0.5, 0.6) is 17.2 Å². The van der Waals surface area contributed by atoms with Crippen molar-refractivity contribution < 1.29 is 9.47 Å². The summed E-state index contributed by atoms with van der Waals surface area (Å²) in [5.74, 6) is 1.40. The summed E-state index contributed by atoms with van der Waals surface area (Å²) in [4.78, 5) is 8.59. The van der Waals surface area contributed by atoms with E-state index < -0.39 is 0 Å². The van der Waals surface area contributed by atoms with Gasteiger partial charge in [0, 0.05) is 17.2 Å². The van der Waals surface area contributed by atoms with E-state index in [2.05, 4.69) is 9.97 Å². The number of halogens is 2. The van der Waals surface area contributed by atoms with Crippen LogP contribution in [0.4, 0.5) is 10.3 Å². The fourth-order valence-electron chi connectivity index (χ4n) is 2.44. The minimum Gasteiger partial charge on any atom is -0.494 e. The Morgan fingerprint density at radius 2 is 1.68 bits per heavy atom. The smallest absolute Gasteiger partial charge is 0.181 e. The molecule has 0 aliphatic rings. The highest BCUT2D eigenvalue weighted by molar-refractivity contribution is 7.22. The minimum absolute atomic E-state index is 0.365.